The number of aryl methyl sites for hydroxylation is 2. The Morgan fingerprint density at radius 1 is 1.16 bits per heavy atom. The molecule has 1 aliphatic carbocycles. The Balaban J connectivity index is 1.60. The minimum atomic E-state index is 0.0289. The van der Waals surface area contributed by atoms with Crippen LogP contribution < -0.4 is 0 Å². The Bertz CT molecular complexity index is 894. The van der Waals surface area contributed by atoms with E-state index < -0.39 is 0 Å². The summed E-state index contributed by atoms with van der Waals surface area (Å²) in [6.07, 6.45) is 8.48. The fraction of sp³-hybridized carbons (Fsp3) is 0.300. The number of carbonyl (C=O) groups is 1. The second-order valence-corrected chi connectivity index (χ2v) is 6.68. The van der Waals surface area contributed by atoms with Gasteiger partial charge in [0.15, 0.2) is 0 Å². The number of fused-ring (bicyclic) bond motifs is 1. The van der Waals surface area contributed by atoms with Gasteiger partial charge in [-0.15, -0.1) is 0 Å². The predicted octanol–water partition coefficient (Wildman–Crippen LogP) is 2.84. The van der Waals surface area contributed by atoms with E-state index in [0.717, 1.165) is 25.1 Å². The van der Waals surface area contributed by atoms with Crippen LogP contribution in [-0.2, 0) is 19.9 Å². The van der Waals surface area contributed by atoms with Gasteiger partial charge in [-0.1, -0.05) is 24.3 Å². The highest BCUT2D eigenvalue weighted by Gasteiger charge is 2.28. The molecule has 0 N–H and O–H groups in total. The summed E-state index contributed by atoms with van der Waals surface area (Å²) in [6.45, 7) is 0. The third-order valence-corrected chi connectivity index (χ3v) is 5.18. The maximum absolute atomic E-state index is 13.1. The Labute approximate surface area is 147 Å². The average molecular weight is 334 g/mol. The molecule has 5 nitrogen and oxygen atoms in total. The number of amides is 1. The Hall–Kier alpha value is -2.82. The van der Waals surface area contributed by atoms with Gasteiger partial charge in [0.2, 0.25) is 0 Å². The van der Waals surface area contributed by atoms with E-state index in [4.69, 9.17) is 0 Å². The van der Waals surface area contributed by atoms with Crippen molar-refractivity contribution < 1.29 is 4.79 Å². The lowest BCUT2D eigenvalue weighted by Crippen LogP contribution is -2.40. The molecule has 0 bridgehead atoms. The molecule has 0 saturated heterocycles. The van der Waals surface area contributed by atoms with Crippen molar-refractivity contribution >= 4 is 5.91 Å². The van der Waals surface area contributed by atoms with Gasteiger partial charge in [-0.05, 0) is 42.5 Å². The molecule has 25 heavy (non-hydrogen) atoms. The molecular formula is C20H22N4O. The van der Waals surface area contributed by atoms with Gasteiger partial charge in [-0.2, -0.15) is 5.10 Å². The molecule has 1 atom stereocenters. The third-order valence-electron chi connectivity index (χ3n) is 5.18. The highest BCUT2D eigenvalue weighted by Crippen LogP contribution is 2.25. The van der Waals surface area contributed by atoms with E-state index in [1.165, 1.54) is 11.1 Å². The van der Waals surface area contributed by atoms with Crippen LogP contribution in [0.25, 0.3) is 5.82 Å². The highest BCUT2D eigenvalue weighted by atomic mass is 16.2. The summed E-state index contributed by atoms with van der Waals surface area (Å²) in [7, 11) is 3.77. The van der Waals surface area contributed by atoms with Crippen molar-refractivity contribution in [3.8, 4) is 5.82 Å². The van der Waals surface area contributed by atoms with Crippen LogP contribution in [0.3, 0.4) is 0 Å². The van der Waals surface area contributed by atoms with Crippen molar-refractivity contribution in [2.75, 3.05) is 7.05 Å². The molecule has 3 aromatic rings. The van der Waals surface area contributed by atoms with Gasteiger partial charge in [0.1, 0.15) is 11.4 Å². The summed E-state index contributed by atoms with van der Waals surface area (Å²) in [5.41, 5.74) is 3.41. The Morgan fingerprint density at radius 3 is 2.64 bits per heavy atom. The van der Waals surface area contributed by atoms with E-state index in [9.17, 15) is 4.79 Å². The topological polar surface area (TPSA) is 43.1 Å². The summed E-state index contributed by atoms with van der Waals surface area (Å²) >= 11 is 0. The standard InChI is InChI=1S/C20H22N4O/c1-22(17-10-9-15-7-3-4-8-16(15)13-17)20(25)18-14-21-23(2)19(18)24-11-5-6-12-24/h3-8,11-12,14,17H,9-10,13H2,1-2H3. The lowest BCUT2D eigenvalue weighted by molar-refractivity contribution is 0.0719. The SMILES string of the molecule is CN(C(=O)c1cnn(C)c1-n1cccc1)C1CCc2ccccc2C1. The van der Waals surface area contributed by atoms with Crippen molar-refractivity contribution in [1.29, 1.82) is 0 Å². The number of carbonyl (C=O) groups excluding carboxylic acids is 1. The molecule has 0 spiro atoms. The molecule has 1 aromatic carbocycles. The van der Waals surface area contributed by atoms with Gasteiger partial charge in [0.05, 0.1) is 6.20 Å². The van der Waals surface area contributed by atoms with Gasteiger partial charge < -0.3 is 9.47 Å². The average Bonchev–Trinajstić information content (AvgIpc) is 3.29. The minimum absolute atomic E-state index is 0.0289. The van der Waals surface area contributed by atoms with E-state index in [1.807, 2.05) is 48.1 Å². The maximum atomic E-state index is 13.1. The Kier molecular flexibility index (Phi) is 3.92. The van der Waals surface area contributed by atoms with E-state index in [2.05, 4.69) is 29.4 Å². The highest BCUT2D eigenvalue weighted by molar-refractivity contribution is 5.97. The summed E-state index contributed by atoms with van der Waals surface area (Å²) in [5, 5.41) is 4.31. The fourth-order valence-corrected chi connectivity index (χ4v) is 3.73. The Morgan fingerprint density at radius 2 is 1.88 bits per heavy atom. The van der Waals surface area contributed by atoms with Gasteiger partial charge >= 0.3 is 0 Å². The molecule has 0 fully saturated rings. The van der Waals surface area contributed by atoms with Crippen LogP contribution in [0.5, 0.6) is 0 Å². The summed E-state index contributed by atoms with van der Waals surface area (Å²) in [5.74, 6) is 0.833. The molecule has 4 rings (SSSR count). The molecule has 1 amide bonds. The summed E-state index contributed by atoms with van der Waals surface area (Å²) in [4.78, 5) is 15.0. The van der Waals surface area contributed by atoms with E-state index >= 15 is 0 Å². The lowest BCUT2D eigenvalue weighted by atomic mass is 9.87. The number of benzene rings is 1. The normalized spacial score (nSPS) is 16.5. The van der Waals surface area contributed by atoms with Gasteiger partial charge in [-0.3, -0.25) is 9.48 Å². The van der Waals surface area contributed by atoms with E-state index in [1.54, 1.807) is 10.9 Å². The lowest BCUT2D eigenvalue weighted by Gasteiger charge is -2.32. The van der Waals surface area contributed by atoms with Crippen LogP contribution in [0.1, 0.15) is 27.9 Å². The first kappa shape index (κ1) is 15.7. The summed E-state index contributed by atoms with van der Waals surface area (Å²) in [6, 6.07) is 12.7. The second kappa shape index (κ2) is 6.24. The maximum Gasteiger partial charge on any atom is 0.259 e. The second-order valence-electron chi connectivity index (χ2n) is 6.68. The molecule has 2 aromatic heterocycles. The number of rotatable bonds is 3. The van der Waals surface area contributed by atoms with Crippen molar-refractivity contribution in [3.63, 3.8) is 0 Å². The van der Waals surface area contributed by atoms with Crippen molar-refractivity contribution in [2.24, 2.45) is 7.05 Å². The number of aromatic nitrogens is 3. The number of nitrogens with zero attached hydrogens (tertiary/aromatic N) is 4. The quantitative estimate of drug-likeness (QED) is 0.739. The zero-order valence-electron chi connectivity index (χ0n) is 14.6. The molecular weight excluding hydrogens is 312 g/mol. The van der Waals surface area contributed by atoms with Crippen LogP contribution in [0.4, 0.5) is 0 Å². The van der Waals surface area contributed by atoms with Crippen LogP contribution in [-0.4, -0.2) is 38.2 Å². The van der Waals surface area contributed by atoms with Crippen molar-refractivity contribution in [2.45, 2.75) is 25.3 Å². The van der Waals surface area contributed by atoms with Crippen molar-refractivity contribution in [3.05, 3.63) is 71.7 Å². The number of hydrogen-bond acceptors (Lipinski definition) is 2. The molecule has 0 aliphatic heterocycles. The first-order chi connectivity index (χ1) is 12.1. The molecule has 0 saturated carbocycles. The van der Waals surface area contributed by atoms with E-state index in [-0.39, 0.29) is 11.9 Å². The van der Waals surface area contributed by atoms with Crippen LogP contribution in [0, 0.1) is 0 Å². The fourth-order valence-electron chi connectivity index (χ4n) is 3.73. The van der Waals surface area contributed by atoms with Crippen LogP contribution >= 0.6 is 0 Å². The molecule has 1 aliphatic rings. The zero-order valence-corrected chi connectivity index (χ0v) is 14.6. The molecule has 2 heterocycles. The summed E-state index contributed by atoms with van der Waals surface area (Å²) < 4.78 is 3.68. The molecule has 5 heteroatoms. The smallest absolute Gasteiger partial charge is 0.259 e. The first-order valence-corrected chi connectivity index (χ1v) is 8.64. The largest absolute Gasteiger partial charge is 0.338 e. The minimum Gasteiger partial charge on any atom is -0.338 e. The van der Waals surface area contributed by atoms with Crippen molar-refractivity contribution in [1.82, 2.24) is 19.2 Å². The zero-order chi connectivity index (χ0) is 17.4. The monoisotopic (exact) mass is 334 g/mol. The van der Waals surface area contributed by atoms with Crippen LogP contribution in [0.15, 0.2) is 55.0 Å². The predicted molar refractivity (Wildman–Crippen MR) is 96.9 cm³/mol. The number of hydrogen-bond donors (Lipinski definition) is 0. The van der Waals surface area contributed by atoms with Gasteiger partial charge in [0.25, 0.3) is 5.91 Å². The van der Waals surface area contributed by atoms with Gasteiger partial charge in [0, 0.05) is 32.5 Å². The third kappa shape index (κ3) is 2.76. The molecule has 128 valence electrons. The number of likely N-dealkylation sites (N-methyl/N-ethyl adjacent to an activating group) is 1. The molecule has 0 radical (unpaired) electrons. The van der Waals surface area contributed by atoms with Crippen LogP contribution in [0.2, 0.25) is 0 Å². The first-order valence-electron chi connectivity index (χ1n) is 8.64. The van der Waals surface area contributed by atoms with E-state index in [0.29, 0.717) is 5.56 Å². The van der Waals surface area contributed by atoms with Gasteiger partial charge in [-0.25, -0.2) is 0 Å². The molecule has 1 unspecified atom stereocenters.